The van der Waals surface area contributed by atoms with Crippen LogP contribution in [0.15, 0.2) is 24.3 Å². The molecule has 2 unspecified atom stereocenters. The molecule has 0 saturated carbocycles. The zero-order chi connectivity index (χ0) is 15.1. The number of benzene rings is 1. The minimum absolute atomic E-state index is 0.647. The van der Waals surface area contributed by atoms with Gasteiger partial charge in [0.05, 0.1) is 0 Å². The van der Waals surface area contributed by atoms with E-state index in [-0.39, 0.29) is 0 Å². The van der Waals surface area contributed by atoms with Crippen molar-refractivity contribution in [3.05, 3.63) is 29.8 Å². The third-order valence-electron chi connectivity index (χ3n) is 4.55. The molecule has 1 aromatic carbocycles. The minimum atomic E-state index is 0.647. The highest BCUT2D eigenvalue weighted by Crippen LogP contribution is 2.28. The summed E-state index contributed by atoms with van der Waals surface area (Å²) in [7, 11) is 0. The fourth-order valence-corrected chi connectivity index (χ4v) is 3.37. The van der Waals surface area contributed by atoms with E-state index in [1.54, 1.807) is 0 Å². The van der Waals surface area contributed by atoms with Crippen LogP contribution in [0.4, 0.5) is 5.69 Å². The zero-order valence-electron chi connectivity index (χ0n) is 14.1. The van der Waals surface area contributed by atoms with Crippen LogP contribution in [0.25, 0.3) is 0 Å². The number of para-hydroxylation sites is 1. The maximum Gasteiger partial charge on any atom is 0.0399 e. The summed E-state index contributed by atoms with van der Waals surface area (Å²) in [5.74, 6) is 0.766. The molecule has 2 heteroatoms. The Bertz CT molecular complexity index is 416. The lowest BCUT2D eigenvalue weighted by Gasteiger charge is -2.35. The highest BCUT2D eigenvalue weighted by atomic mass is 15.2. The first-order valence-electron chi connectivity index (χ1n) is 8.77. The summed E-state index contributed by atoms with van der Waals surface area (Å²) in [6.45, 7) is 10.4. The molecule has 1 aliphatic rings. The highest BCUT2D eigenvalue weighted by molar-refractivity contribution is 5.55. The number of fused-ring (bicyclic) bond motifs is 1. The Morgan fingerprint density at radius 2 is 2.10 bits per heavy atom. The van der Waals surface area contributed by atoms with Crippen LogP contribution in [-0.4, -0.2) is 25.7 Å². The van der Waals surface area contributed by atoms with Crippen molar-refractivity contribution >= 4 is 5.69 Å². The van der Waals surface area contributed by atoms with Crippen LogP contribution >= 0.6 is 0 Å². The van der Waals surface area contributed by atoms with Crippen molar-refractivity contribution in [3.8, 4) is 0 Å². The molecule has 0 bridgehead atoms. The number of hydrogen-bond donors (Lipinski definition) is 1. The summed E-state index contributed by atoms with van der Waals surface area (Å²) in [6, 6.07) is 9.56. The van der Waals surface area contributed by atoms with Crippen LogP contribution in [0.1, 0.15) is 52.0 Å². The maximum absolute atomic E-state index is 3.69. The quantitative estimate of drug-likeness (QED) is 0.720. The number of nitrogens with one attached hydrogen (secondary N) is 1. The lowest BCUT2D eigenvalue weighted by molar-refractivity contribution is 0.474. The first-order valence-corrected chi connectivity index (χ1v) is 8.77. The average Bonchev–Trinajstić information content (AvgIpc) is 2.47. The third kappa shape index (κ3) is 5.03. The Balaban J connectivity index is 1.78. The van der Waals surface area contributed by atoms with Crippen molar-refractivity contribution in [1.82, 2.24) is 5.32 Å². The molecule has 0 aliphatic carbocycles. The average molecular weight is 288 g/mol. The Kier molecular flexibility index (Phi) is 6.56. The molecule has 0 aromatic heterocycles. The minimum Gasteiger partial charge on any atom is -0.370 e. The first kappa shape index (κ1) is 16.4. The Morgan fingerprint density at radius 1 is 1.29 bits per heavy atom. The molecule has 2 rings (SSSR count). The summed E-state index contributed by atoms with van der Waals surface area (Å²) in [4.78, 5) is 2.56. The van der Waals surface area contributed by atoms with Gasteiger partial charge in [0.1, 0.15) is 0 Å². The van der Waals surface area contributed by atoms with Crippen LogP contribution in [0.3, 0.4) is 0 Å². The molecular weight excluding hydrogens is 256 g/mol. The molecule has 1 aromatic rings. The number of hydrogen-bond acceptors (Lipinski definition) is 2. The molecule has 1 aliphatic heterocycles. The number of nitrogens with zero attached hydrogens (tertiary/aromatic N) is 1. The van der Waals surface area contributed by atoms with Gasteiger partial charge >= 0.3 is 0 Å². The molecule has 2 nitrogen and oxygen atoms in total. The number of unbranched alkanes of at least 4 members (excludes halogenated alkanes) is 2. The van der Waals surface area contributed by atoms with Crippen molar-refractivity contribution in [2.45, 2.75) is 58.9 Å². The van der Waals surface area contributed by atoms with E-state index >= 15 is 0 Å². The molecule has 21 heavy (non-hydrogen) atoms. The van der Waals surface area contributed by atoms with Crippen LogP contribution in [-0.2, 0) is 6.42 Å². The van der Waals surface area contributed by atoms with Crippen molar-refractivity contribution in [2.24, 2.45) is 5.92 Å². The number of anilines is 1. The molecule has 0 spiro atoms. The summed E-state index contributed by atoms with van der Waals surface area (Å²) in [5.41, 5.74) is 2.98. The van der Waals surface area contributed by atoms with Gasteiger partial charge in [-0.05, 0) is 37.3 Å². The Hall–Kier alpha value is -1.02. The van der Waals surface area contributed by atoms with Gasteiger partial charge in [-0.3, -0.25) is 0 Å². The smallest absolute Gasteiger partial charge is 0.0399 e. The van der Waals surface area contributed by atoms with Gasteiger partial charge in [0.25, 0.3) is 0 Å². The van der Waals surface area contributed by atoms with Gasteiger partial charge in [0.2, 0.25) is 0 Å². The van der Waals surface area contributed by atoms with E-state index < -0.39 is 0 Å². The van der Waals surface area contributed by atoms with Crippen LogP contribution < -0.4 is 10.2 Å². The van der Waals surface area contributed by atoms with Crippen molar-refractivity contribution in [3.63, 3.8) is 0 Å². The summed E-state index contributed by atoms with van der Waals surface area (Å²) in [5, 5.41) is 3.69. The molecule has 0 fully saturated rings. The van der Waals surface area contributed by atoms with E-state index in [1.807, 2.05) is 0 Å². The van der Waals surface area contributed by atoms with Crippen molar-refractivity contribution < 1.29 is 0 Å². The van der Waals surface area contributed by atoms with Gasteiger partial charge in [-0.15, -0.1) is 0 Å². The molecule has 2 atom stereocenters. The summed E-state index contributed by atoms with van der Waals surface area (Å²) >= 11 is 0. The van der Waals surface area contributed by atoms with Crippen LogP contribution in [0.2, 0.25) is 0 Å². The van der Waals surface area contributed by atoms with Gasteiger partial charge in [0.15, 0.2) is 0 Å². The van der Waals surface area contributed by atoms with E-state index in [0.717, 1.165) is 19.0 Å². The summed E-state index contributed by atoms with van der Waals surface area (Å²) in [6.07, 6.45) is 6.57. The third-order valence-corrected chi connectivity index (χ3v) is 4.55. The summed E-state index contributed by atoms with van der Waals surface area (Å²) < 4.78 is 0. The van der Waals surface area contributed by atoms with E-state index in [0.29, 0.717) is 6.04 Å². The molecule has 1 heterocycles. The monoisotopic (exact) mass is 288 g/mol. The molecular formula is C19H32N2. The van der Waals surface area contributed by atoms with Crippen molar-refractivity contribution in [2.75, 3.05) is 24.5 Å². The second-order valence-corrected chi connectivity index (χ2v) is 6.73. The molecule has 0 radical (unpaired) electrons. The van der Waals surface area contributed by atoms with E-state index in [2.05, 4.69) is 55.3 Å². The van der Waals surface area contributed by atoms with E-state index in [9.17, 15) is 0 Å². The van der Waals surface area contributed by atoms with Gasteiger partial charge in [-0.2, -0.15) is 0 Å². The van der Waals surface area contributed by atoms with Crippen molar-refractivity contribution in [1.29, 1.82) is 0 Å². The standard InChI is InChI=1S/C19H32N2/c1-4-5-6-9-17(3)20-12-13-21-15-16(2)14-18-10-7-8-11-19(18)21/h7-8,10-11,16-17,20H,4-6,9,12-15H2,1-3H3. The van der Waals surface area contributed by atoms with Gasteiger partial charge in [-0.25, -0.2) is 0 Å². The second kappa shape index (κ2) is 8.43. The van der Waals surface area contributed by atoms with Gasteiger partial charge in [-0.1, -0.05) is 51.3 Å². The van der Waals surface area contributed by atoms with Gasteiger partial charge < -0.3 is 10.2 Å². The van der Waals surface area contributed by atoms with Crippen LogP contribution in [0, 0.1) is 5.92 Å². The lowest BCUT2D eigenvalue weighted by atomic mass is 9.94. The lowest BCUT2D eigenvalue weighted by Crippen LogP contribution is -2.40. The fraction of sp³-hybridized carbons (Fsp3) is 0.684. The molecule has 0 amide bonds. The Morgan fingerprint density at radius 3 is 2.90 bits per heavy atom. The SMILES string of the molecule is CCCCCC(C)NCCN1CC(C)Cc2ccccc21. The second-order valence-electron chi connectivity index (χ2n) is 6.73. The maximum atomic E-state index is 3.69. The molecule has 1 N–H and O–H groups in total. The van der Waals surface area contributed by atoms with Crippen LogP contribution in [0.5, 0.6) is 0 Å². The Labute approximate surface area is 130 Å². The first-order chi connectivity index (χ1) is 10.2. The number of rotatable bonds is 8. The van der Waals surface area contributed by atoms with E-state index in [1.165, 1.54) is 49.9 Å². The molecule has 0 saturated heterocycles. The zero-order valence-corrected chi connectivity index (χ0v) is 14.1. The highest BCUT2D eigenvalue weighted by Gasteiger charge is 2.20. The van der Waals surface area contributed by atoms with Gasteiger partial charge in [0, 0.05) is 31.4 Å². The largest absolute Gasteiger partial charge is 0.370 e. The predicted molar refractivity (Wildman–Crippen MR) is 93.1 cm³/mol. The predicted octanol–water partition coefficient (Wildman–Crippen LogP) is 4.24. The fourth-order valence-electron chi connectivity index (χ4n) is 3.37. The van der Waals surface area contributed by atoms with E-state index in [4.69, 9.17) is 0 Å². The molecule has 118 valence electrons. The topological polar surface area (TPSA) is 15.3 Å². The normalized spacial score (nSPS) is 19.4.